The van der Waals surface area contributed by atoms with E-state index < -0.39 is 6.10 Å². The van der Waals surface area contributed by atoms with Gasteiger partial charge in [-0.15, -0.1) is 0 Å². The number of fused-ring (bicyclic) bond motifs is 1. The lowest BCUT2D eigenvalue weighted by atomic mass is 10.0. The zero-order chi connectivity index (χ0) is 13.8. The molecule has 3 rings (SSSR count). The quantitative estimate of drug-likeness (QED) is 0.786. The Morgan fingerprint density at radius 2 is 1.90 bits per heavy atom. The Labute approximate surface area is 118 Å². The van der Waals surface area contributed by atoms with Crippen LogP contribution >= 0.6 is 0 Å². The van der Waals surface area contributed by atoms with Gasteiger partial charge in [0.1, 0.15) is 0 Å². The monoisotopic (exact) mass is 280 g/mol. The fourth-order valence-corrected chi connectivity index (χ4v) is 2.66. The number of benzene rings is 1. The van der Waals surface area contributed by atoms with Crippen LogP contribution in [0.4, 0.5) is 0 Å². The van der Waals surface area contributed by atoms with E-state index in [0.717, 1.165) is 5.56 Å². The van der Waals surface area contributed by atoms with Crippen molar-refractivity contribution in [2.45, 2.75) is 25.1 Å². The molecule has 2 aliphatic heterocycles. The second-order valence-electron chi connectivity index (χ2n) is 5.13. The Kier molecular flexibility index (Phi) is 4.65. The minimum atomic E-state index is -0.488. The molecule has 0 bridgehead atoms. The molecule has 0 spiro atoms. The Bertz CT molecular complexity index is 410. The molecule has 0 aromatic heterocycles. The van der Waals surface area contributed by atoms with Crippen molar-refractivity contribution in [3.63, 3.8) is 0 Å². The van der Waals surface area contributed by atoms with Crippen molar-refractivity contribution in [2.24, 2.45) is 5.92 Å². The molecule has 2 saturated heterocycles. The fraction of sp³-hybridized carbons (Fsp3) is 0.600. The zero-order valence-electron chi connectivity index (χ0n) is 11.3. The van der Waals surface area contributed by atoms with Gasteiger partial charge in [0.2, 0.25) is 0 Å². The minimum absolute atomic E-state index is 0.0656. The minimum Gasteiger partial charge on any atom is -0.390 e. The van der Waals surface area contributed by atoms with E-state index >= 15 is 0 Å². The highest BCUT2D eigenvalue weighted by atomic mass is 16.7. The molecule has 5 heteroatoms. The molecule has 2 heterocycles. The molecule has 0 saturated carbocycles. The van der Waals surface area contributed by atoms with Crippen LogP contribution in [0.2, 0.25) is 0 Å². The van der Waals surface area contributed by atoms with Crippen molar-refractivity contribution in [1.29, 1.82) is 0 Å². The van der Waals surface area contributed by atoms with Crippen molar-refractivity contribution < 1.29 is 24.1 Å². The highest BCUT2D eigenvalue weighted by Gasteiger charge is 2.47. The summed E-state index contributed by atoms with van der Waals surface area (Å²) in [6, 6.07) is 10.0. The first-order chi connectivity index (χ1) is 9.84. The lowest BCUT2D eigenvalue weighted by Gasteiger charge is -2.18. The molecule has 20 heavy (non-hydrogen) atoms. The number of rotatable bonds is 6. The first-order valence-corrected chi connectivity index (χ1v) is 6.99. The van der Waals surface area contributed by atoms with Crippen LogP contribution in [0.5, 0.6) is 0 Å². The zero-order valence-corrected chi connectivity index (χ0v) is 11.3. The Morgan fingerprint density at radius 3 is 2.75 bits per heavy atom. The van der Waals surface area contributed by atoms with Crippen LogP contribution in [-0.2, 0) is 25.6 Å². The van der Waals surface area contributed by atoms with Crippen LogP contribution in [0.3, 0.4) is 0 Å². The van der Waals surface area contributed by atoms with Crippen molar-refractivity contribution >= 4 is 0 Å². The molecular weight excluding hydrogens is 260 g/mol. The summed E-state index contributed by atoms with van der Waals surface area (Å²) in [4.78, 5) is 0. The Hall–Kier alpha value is -0.980. The second kappa shape index (κ2) is 6.65. The Morgan fingerprint density at radius 1 is 1.10 bits per heavy atom. The van der Waals surface area contributed by atoms with Gasteiger partial charge in [-0.3, -0.25) is 0 Å². The van der Waals surface area contributed by atoms with Gasteiger partial charge in [0.05, 0.1) is 51.2 Å². The van der Waals surface area contributed by atoms with Gasteiger partial charge in [0.25, 0.3) is 0 Å². The highest BCUT2D eigenvalue weighted by Crippen LogP contribution is 2.33. The summed E-state index contributed by atoms with van der Waals surface area (Å²) >= 11 is 0. The maximum absolute atomic E-state index is 9.80. The third kappa shape index (κ3) is 3.19. The van der Waals surface area contributed by atoms with E-state index in [2.05, 4.69) is 0 Å². The average Bonchev–Trinajstić information content (AvgIpc) is 3.04. The summed E-state index contributed by atoms with van der Waals surface area (Å²) in [5.41, 5.74) is 1.15. The standard InChI is InChI=1S/C15H20O5/c16-12-9-19-15-14(12)13(10-20-15)18-7-6-17-8-11-4-2-1-3-5-11/h1-5,12-16H,6-10H2/t12-,13-,14+,15-/m0/s1. The molecule has 4 atom stereocenters. The summed E-state index contributed by atoms with van der Waals surface area (Å²) in [5.74, 6) is -0.0656. The molecule has 0 aliphatic carbocycles. The summed E-state index contributed by atoms with van der Waals surface area (Å²) < 4.78 is 22.1. The molecule has 2 aliphatic rings. The van der Waals surface area contributed by atoms with Gasteiger partial charge in [0, 0.05) is 0 Å². The molecule has 5 nitrogen and oxygen atoms in total. The largest absolute Gasteiger partial charge is 0.390 e. The van der Waals surface area contributed by atoms with Gasteiger partial charge in [-0.25, -0.2) is 0 Å². The lowest BCUT2D eigenvalue weighted by Crippen LogP contribution is -2.32. The molecule has 110 valence electrons. The molecule has 0 amide bonds. The maximum Gasteiger partial charge on any atom is 0.165 e. The van der Waals surface area contributed by atoms with E-state index in [0.29, 0.717) is 33.0 Å². The third-order valence-corrected chi connectivity index (χ3v) is 3.72. The SMILES string of the molecule is O[C@H]1CO[C@H]2OC[C@H](OCCOCc3ccccc3)[C@H]21. The number of aliphatic hydroxyl groups excluding tert-OH is 1. The number of ether oxygens (including phenoxy) is 4. The van der Waals surface area contributed by atoms with Crippen LogP contribution in [0.1, 0.15) is 5.56 Å². The van der Waals surface area contributed by atoms with Gasteiger partial charge in [-0.05, 0) is 5.56 Å². The van der Waals surface area contributed by atoms with Gasteiger partial charge in [-0.2, -0.15) is 0 Å². The van der Waals surface area contributed by atoms with E-state index in [1.165, 1.54) is 0 Å². The van der Waals surface area contributed by atoms with E-state index in [1.54, 1.807) is 0 Å². The van der Waals surface area contributed by atoms with Gasteiger partial charge >= 0.3 is 0 Å². The van der Waals surface area contributed by atoms with Crippen LogP contribution in [-0.4, -0.2) is 50.0 Å². The van der Waals surface area contributed by atoms with E-state index in [-0.39, 0.29) is 18.3 Å². The van der Waals surface area contributed by atoms with Gasteiger partial charge < -0.3 is 24.1 Å². The van der Waals surface area contributed by atoms with Crippen molar-refractivity contribution in [3.05, 3.63) is 35.9 Å². The summed E-state index contributed by atoms with van der Waals surface area (Å²) in [7, 11) is 0. The molecule has 2 fully saturated rings. The molecule has 1 aromatic rings. The van der Waals surface area contributed by atoms with Crippen molar-refractivity contribution in [2.75, 3.05) is 26.4 Å². The van der Waals surface area contributed by atoms with Crippen molar-refractivity contribution in [3.8, 4) is 0 Å². The summed E-state index contributed by atoms with van der Waals surface area (Å²) in [6.45, 7) is 2.42. The lowest BCUT2D eigenvalue weighted by molar-refractivity contribution is -0.0916. The first-order valence-electron chi connectivity index (χ1n) is 6.99. The smallest absolute Gasteiger partial charge is 0.165 e. The predicted octanol–water partition coefficient (Wildman–Crippen LogP) is 0.952. The topological polar surface area (TPSA) is 57.2 Å². The number of hydrogen-bond acceptors (Lipinski definition) is 5. The molecular formula is C15H20O5. The first kappa shape index (κ1) is 14.0. The van der Waals surface area contributed by atoms with Crippen LogP contribution in [0.15, 0.2) is 30.3 Å². The Balaban J connectivity index is 1.34. The fourth-order valence-electron chi connectivity index (χ4n) is 2.66. The molecule has 1 N–H and O–H groups in total. The maximum atomic E-state index is 9.80. The van der Waals surface area contributed by atoms with Crippen LogP contribution in [0, 0.1) is 5.92 Å². The average molecular weight is 280 g/mol. The number of hydrogen-bond donors (Lipinski definition) is 1. The van der Waals surface area contributed by atoms with Crippen LogP contribution in [0.25, 0.3) is 0 Å². The second-order valence-corrected chi connectivity index (χ2v) is 5.13. The summed E-state index contributed by atoms with van der Waals surface area (Å²) in [5, 5.41) is 9.80. The molecule has 0 radical (unpaired) electrons. The predicted molar refractivity (Wildman–Crippen MR) is 71.0 cm³/mol. The van der Waals surface area contributed by atoms with E-state index in [1.807, 2.05) is 30.3 Å². The van der Waals surface area contributed by atoms with Crippen LogP contribution < -0.4 is 0 Å². The molecule has 1 aromatic carbocycles. The van der Waals surface area contributed by atoms with Gasteiger partial charge in [-0.1, -0.05) is 30.3 Å². The number of aliphatic hydroxyl groups is 1. The summed E-state index contributed by atoms with van der Waals surface area (Å²) in [6.07, 6.45) is -0.893. The highest BCUT2D eigenvalue weighted by molar-refractivity contribution is 5.13. The van der Waals surface area contributed by atoms with Gasteiger partial charge in [0.15, 0.2) is 6.29 Å². The molecule has 0 unspecified atom stereocenters. The van der Waals surface area contributed by atoms with E-state index in [9.17, 15) is 5.11 Å². The van der Waals surface area contributed by atoms with E-state index in [4.69, 9.17) is 18.9 Å². The third-order valence-electron chi connectivity index (χ3n) is 3.72. The normalized spacial score (nSPS) is 32.5. The van der Waals surface area contributed by atoms with Crippen molar-refractivity contribution in [1.82, 2.24) is 0 Å².